The molecule has 26 heavy (non-hydrogen) atoms. The van der Waals surface area contributed by atoms with Gasteiger partial charge in [0.2, 0.25) is 0 Å². The van der Waals surface area contributed by atoms with Gasteiger partial charge in [-0.3, -0.25) is 4.79 Å². The number of benzene rings is 1. The van der Waals surface area contributed by atoms with Crippen molar-refractivity contribution in [3.8, 4) is 0 Å². The maximum absolute atomic E-state index is 12.7. The van der Waals surface area contributed by atoms with Gasteiger partial charge in [-0.05, 0) is 31.0 Å². The quantitative estimate of drug-likeness (QED) is 0.704. The van der Waals surface area contributed by atoms with Crippen LogP contribution in [0.2, 0.25) is 5.02 Å². The number of para-hydroxylation sites is 1. The highest BCUT2D eigenvalue weighted by Gasteiger charge is 2.20. The fourth-order valence-electron chi connectivity index (χ4n) is 2.98. The Labute approximate surface area is 161 Å². The van der Waals surface area contributed by atoms with E-state index in [1.165, 1.54) is 11.3 Å². The SMILES string of the molecule is Cc1nc2sc(C(=O)NCc3ccccc3N(C)C)c(N)c2c(C)c1Cl. The molecule has 0 aliphatic heterocycles. The molecule has 3 N–H and O–H groups in total. The average molecular weight is 389 g/mol. The molecule has 0 aliphatic rings. The molecular weight excluding hydrogens is 368 g/mol. The Morgan fingerprint density at radius 2 is 2.00 bits per heavy atom. The Morgan fingerprint density at radius 3 is 2.69 bits per heavy atom. The smallest absolute Gasteiger partial charge is 0.263 e. The van der Waals surface area contributed by atoms with Crippen LogP contribution in [0.4, 0.5) is 11.4 Å². The number of hydrogen-bond acceptors (Lipinski definition) is 5. The Hall–Kier alpha value is -2.31. The van der Waals surface area contributed by atoms with Crippen molar-refractivity contribution >= 4 is 50.4 Å². The summed E-state index contributed by atoms with van der Waals surface area (Å²) >= 11 is 7.58. The van der Waals surface area contributed by atoms with Gasteiger partial charge in [0.25, 0.3) is 5.91 Å². The monoisotopic (exact) mass is 388 g/mol. The van der Waals surface area contributed by atoms with Gasteiger partial charge in [0.1, 0.15) is 9.71 Å². The van der Waals surface area contributed by atoms with Crippen molar-refractivity contribution in [2.45, 2.75) is 20.4 Å². The summed E-state index contributed by atoms with van der Waals surface area (Å²) in [6, 6.07) is 7.96. The fraction of sp³-hybridized carbons (Fsp3) is 0.263. The number of nitrogens with two attached hydrogens (primary N) is 1. The summed E-state index contributed by atoms with van der Waals surface area (Å²) in [5.74, 6) is -0.202. The van der Waals surface area contributed by atoms with E-state index in [-0.39, 0.29) is 5.91 Å². The molecule has 3 rings (SSSR count). The minimum atomic E-state index is -0.202. The summed E-state index contributed by atoms with van der Waals surface area (Å²) in [6.45, 7) is 4.17. The van der Waals surface area contributed by atoms with Crippen LogP contribution < -0.4 is 16.0 Å². The Morgan fingerprint density at radius 1 is 1.31 bits per heavy atom. The zero-order valence-corrected chi connectivity index (χ0v) is 16.8. The molecule has 2 aromatic heterocycles. The second-order valence-electron chi connectivity index (χ2n) is 6.37. The zero-order chi connectivity index (χ0) is 19.0. The number of rotatable bonds is 4. The Balaban J connectivity index is 1.90. The molecule has 1 aromatic carbocycles. The summed E-state index contributed by atoms with van der Waals surface area (Å²) in [5.41, 5.74) is 10.4. The molecule has 5 nitrogen and oxygen atoms in total. The third-order valence-electron chi connectivity index (χ3n) is 4.34. The van der Waals surface area contributed by atoms with Gasteiger partial charge in [-0.1, -0.05) is 29.8 Å². The summed E-state index contributed by atoms with van der Waals surface area (Å²) < 4.78 is 0. The van der Waals surface area contributed by atoms with Crippen LogP contribution in [0.5, 0.6) is 0 Å². The number of hydrogen-bond donors (Lipinski definition) is 2. The van der Waals surface area contributed by atoms with Crippen LogP contribution in [0, 0.1) is 13.8 Å². The van der Waals surface area contributed by atoms with Crippen molar-refractivity contribution in [2.24, 2.45) is 0 Å². The lowest BCUT2D eigenvalue weighted by Crippen LogP contribution is -2.24. The summed E-state index contributed by atoms with van der Waals surface area (Å²) in [5, 5.41) is 4.32. The average Bonchev–Trinajstić information content (AvgIpc) is 2.94. The summed E-state index contributed by atoms with van der Waals surface area (Å²) in [6.07, 6.45) is 0. The number of halogens is 1. The molecule has 0 unspecified atom stereocenters. The lowest BCUT2D eigenvalue weighted by atomic mass is 10.1. The van der Waals surface area contributed by atoms with Gasteiger partial charge >= 0.3 is 0 Å². The molecule has 3 aromatic rings. The van der Waals surface area contributed by atoms with Crippen molar-refractivity contribution in [3.05, 3.63) is 51.0 Å². The first-order valence-corrected chi connectivity index (χ1v) is 9.38. The van der Waals surface area contributed by atoms with Crippen molar-refractivity contribution in [1.82, 2.24) is 10.3 Å². The molecule has 0 bridgehead atoms. The van der Waals surface area contributed by atoms with Gasteiger partial charge in [-0.25, -0.2) is 4.98 Å². The van der Waals surface area contributed by atoms with E-state index < -0.39 is 0 Å². The third kappa shape index (κ3) is 3.22. The van der Waals surface area contributed by atoms with Crippen LogP contribution in [0.15, 0.2) is 24.3 Å². The Kier molecular flexibility index (Phi) is 5.07. The number of carbonyl (C=O) groups is 1. The van der Waals surface area contributed by atoms with Gasteiger partial charge in [-0.2, -0.15) is 0 Å². The summed E-state index contributed by atoms with van der Waals surface area (Å²) in [7, 11) is 3.95. The lowest BCUT2D eigenvalue weighted by molar-refractivity contribution is 0.0956. The predicted molar refractivity (Wildman–Crippen MR) is 110 cm³/mol. The molecule has 0 spiro atoms. The first kappa shape index (κ1) is 18.5. The molecule has 136 valence electrons. The number of nitrogens with one attached hydrogen (secondary N) is 1. The van der Waals surface area contributed by atoms with E-state index in [4.69, 9.17) is 17.3 Å². The number of amides is 1. The maximum Gasteiger partial charge on any atom is 0.263 e. The minimum absolute atomic E-state index is 0.202. The second-order valence-corrected chi connectivity index (χ2v) is 7.74. The number of aryl methyl sites for hydroxylation is 2. The van der Waals surface area contributed by atoms with E-state index >= 15 is 0 Å². The molecule has 0 atom stereocenters. The Bertz CT molecular complexity index is 997. The molecular formula is C19H21ClN4OS. The van der Waals surface area contributed by atoms with Gasteiger partial charge in [0.05, 0.1) is 16.4 Å². The van der Waals surface area contributed by atoms with Crippen molar-refractivity contribution in [3.63, 3.8) is 0 Å². The topological polar surface area (TPSA) is 71.2 Å². The maximum atomic E-state index is 12.7. The highest BCUT2D eigenvalue weighted by Crippen LogP contribution is 2.38. The van der Waals surface area contributed by atoms with E-state index in [0.717, 1.165) is 32.7 Å². The summed E-state index contributed by atoms with van der Waals surface area (Å²) in [4.78, 5) is 20.4. The van der Waals surface area contributed by atoms with Crippen LogP contribution in [0.3, 0.4) is 0 Å². The van der Waals surface area contributed by atoms with Gasteiger partial charge in [-0.15, -0.1) is 11.3 Å². The van der Waals surface area contributed by atoms with Crippen molar-refractivity contribution in [1.29, 1.82) is 0 Å². The number of nitrogen functional groups attached to an aromatic ring is 1. The second kappa shape index (κ2) is 7.13. The highest BCUT2D eigenvalue weighted by atomic mass is 35.5. The number of nitrogens with zero attached hydrogens (tertiary/aromatic N) is 2. The van der Waals surface area contributed by atoms with Gasteiger partial charge in [0, 0.05) is 31.7 Å². The standard InChI is InChI=1S/C19H21ClN4OS/c1-10-14-16(21)17(26-19(14)23-11(2)15(10)20)18(25)22-9-12-7-5-6-8-13(12)24(3)4/h5-8H,9,21H2,1-4H3,(H,22,25). The first-order chi connectivity index (χ1) is 12.3. The van der Waals surface area contributed by atoms with E-state index in [2.05, 4.69) is 10.3 Å². The van der Waals surface area contributed by atoms with Crippen LogP contribution in [0.25, 0.3) is 10.2 Å². The van der Waals surface area contributed by atoms with Crippen LogP contribution in [0.1, 0.15) is 26.5 Å². The van der Waals surface area contributed by atoms with E-state index in [1.807, 2.05) is 57.1 Å². The zero-order valence-electron chi connectivity index (χ0n) is 15.2. The molecule has 0 fully saturated rings. The van der Waals surface area contributed by atoms with Crippen molar-refractivity contribution < 1.29 is 4.79 Å². The lowest BCUT2D eigenvalue weighted by Gasteiger charge is -2.17. The fourth-order valence-corrected chi connectivity index (χ4v) is 4.23. The molecule has 1 amide bonds. The molecule has 2 heterocycles. The minimum Gasteiger partial charge on any atom is -0.397 e. The van der Waals surface area contributed by atoms with E-state index in [0.29, 0.717) is 22.1 Å². The van der Waals surface area contributed by atoms with Gasteiger partial charge in [0.15, 0.2) is 0 Å². The van der Waals surface area contributed by atoms with E-state index in [9.17, 15) is 4.79 Å². The number of anilines is 2. The number of pyridine rings is 1. The molecule has 0 radical (unpaired) electrons. The van der Waals surface area contributed by atoms with E-state index in [1.54, 1.807) is 0 Å². The van der Waals surface area contributed by atoms with Gasteiger partial charge < -0.3 is 16.0 Å². The molecule has 0 saturated heterocycles. The first-order valence-electron chi connectivity index (χ1n) is 8.19. The normalized spacial score (nSPS) is 11.0. The van der Waals surface area contributed by atoms with Crippen LogP contribution >= 0.6 is 22.9 Å². The predicted octanol–water partition coefficient (Wildman–Crippen LogP) is 4.14. The molecule has 7 heteroatoms. The van der Waals surface area contributed by atoms with Crippen LogP contribution in [-0.4, -0.2) is 25.0 Å². The largest absolute Gasteiger partial charge is 0.397 e. The van der Waals surface area contributed by atoms with Crippen molar-refractivity contribution in [2.75, 3.05) is 24.7 Å². The highest BCUT2D eigenvalue weighted by molar-refractivity contribution is 7.21. The number of thiophene rings is 1. The number of fused-ring (bicyclic) bond motifs is 1. The number of carbonyl (C=O) groups excluding carboxylic acids is 1. The molecule has 0 saturated carbocycles. The van der Waals surface area contributed by atoms with Crippen LogP contribution in [-0.2, 0) is 6.54 Å². The molecule has 0 aliphatic carbocycles. The third-order valence-corrected chi connectivity index (χ3v) is 5.99. The number of aromatic nitrogens is 1.